The quantitative estimate of drug-likeness (QED) is 0.0186. The average Bonchev–Trinajstić information content (AvgIpc) is 3.91. The van der Waals surface area contributed by atoms with Crippen molar-refractivity contribution in [2.75, 3.05) is 79.2 Å². The topological polar surface area (TPSA) is 252 Å². The van der Waals surface area contributed by atoms with Gasteiger partial charge in [-0.1, -0.05) is 97.1 Å². The molecule has 5 N–H and O–H groups in total. The highest BCUT2D eigenvalue weighted by Crippen LogP contribution is 2.45. The zero-order valence-corrected chi connectivity index (χ0v) is 44.1. The number of Topliss-reactive ketones (excluding diaryl/α,β-unsaturated/α-hetero) is 1. The van der Waals surface area contributed by atoms with Gasteiger partial charge in [0.2, 0.25) is 11.8 Å². The lowest BCUT2D eigenvalue weighted by Gasteiger charge is -2.24. The number of carbonyl (C=O) groups excluding carboxylic acids is 6. The number of nitrogens with one attached hydrogen (secondary N) is 4. The molecule has 19 nitrogen and oxygen atoms in total. The highest BCUT2D eigenvalue weighted by Gasteiger charge is 2.32. The van der Waals surface area contributed by atoms with E-state index >= 15 is 0 Å². The van der Waals surface area contributed by atoms with Crippen molar-refractivity contribution in [1.82, 2.24) is 21.3 Å². The summed E-state index contributed by atoms with van der Waals surface area (Å²) in [7, 11) is 0. The maximum Gasteiger partial charge on any atom is 0.407 e. The number of carbonyl (C=O) groups is 7. The van der Waals surface area contributed by atoms with Crippen molar-refractivity contribution in [2.45, 2.75) is 95.2 Å². The van der Waals surface area contributed by atoms with Crippen LogP contribution in [0.3, 0.4) is 0 Å². The van der Waals surface area contributed by atoms with Crippen molar-refractivity contribution < 1.29 is 71.8 Å². The third kappa shape index (κ3) is 19.1. The van der Waals surface area contributed by atoms with Crippen molar-refractivity contribution in [3.05, 3.63) is 119 Å². The fraction of sp³-hybridized carbons (Fsp3) is 0.466. The van der Waals surface area contributed by atoms with Crippen molar-refractivity contribution in [3.63, 3.8) is 0 Å². The lowest BCUT2D eigenvalue weighted by Crippen LogP contribution is -2.44. The second-order valence-corrected chi connectivity index (χ2v) is 19.6. The first-order valence-corrected chi connectivity index (χ1v) is 26.2. The molecule has 0 saturated heterocycles. The van der Waals surface area contributed by atoms with E-state index in [0.717, 1.165) is 44.5 Å². The number of alkyl carbamates (subject to hydrolysis) is 2. The number of ether oxygens (including phenoxy) is 7. The Balaban J connectivity index is 0.717. The molecule has 2 atom stereocenters. The minimum Gasteiger partial charge on any atom is -0.480 e. The summed E-state index contributed by atoms with van der Waals surface area (Å²) in [6.45, 7) is 6.71. The molecule has 2 aliphatic carbocycles. The Morgan fingerprint density at radius 3 is 1.43 bits per heavy atom. The number of hydrogen-bond donors (Lipinski definition) is 5. The molecule has 2 aliphatic rings. The molecule has 4 amide bonds. The molecule has 77 heavy (non-hydrogen) atoms. The first-order valence-electron chi connectivity index (χ1n) is 26.2. The largest absolute Gasteiger partial charge is 0.480 e. The Labute approximate surface area is 449 Å². The van der Waals surface area contributed by atoms with Crippen LogP contribution in [0.1, 0.15) is 99.8 Å². The second kappa shape index (κ2) is 30.5. The number of hydrogen-bond acceptors (Lipinski definition) is 14. The van der Waals surface area contributed by atoms with Crippen molar-refractivity contribution in [1.29, 1.82) is 0 Å². The standard InChI is InChI=1S/C58H72N4O15/c1-58(2,3)77-55(68)51(62-57(70)76-36-49-46-22-10-6-18-42(46)43-19-7-11-23-47(43)49)26-25-39(63)15-14-29-71-31-33-73-38-53(65)60-28-30-72-32-34-74-37-52(64)59-27-13-12-24-50(54(66)67)61-56(69)75-35-48-44-20-8-4-16-40(44)41-17-5-9-21-45(41)48/h4-11,16-23,48-51H,12-15,24-38H2,1-3H3,(H,59,64)(H,60,65)(H,61,69)(H,62,70)(H,66,67). The van der Waals surface area contributed by atoms with Crippen LogP contribution >= 0.6 is 0 Å². The predicted molar refractivity (Wildman–Crippen MR) is 284 cm³/mol. The summed E-state index contributed by atoms with van der Waals surface area (Å²) in [6, 6.07) is 29.6. The molecule has 4 aromatic rings. The molecule has 2 unspecified atom stereocenters. The van der Waals surface area contributed by atoms with Gasteiger partial charge >= 0.3 is 24.1 Å². The first kappa shape index (κ1) is 59.1. The molecule has 0 saturated carbocycles. The summed E-state index contributed by atoms with van der Waals surface area (Å²) < 4.78 is 38.4. The fourth-order valence-electron chi connectivity index (χ4n) is 9.08. The minimum absolute atomic E-state index is 0.0317. The number of unbranched alkanes of at least 4 members (excludes halogenated alkanes) is 1. The number of carboxylic acid groups (broad SMARTS) is 1. The number of esters is 1. The Kier molecular flexibility index (Phi) is 23.4. The van der Waals surface area contributed by atoms with Gasteiger partial charge in [-0.25, -0.2) is 19.2 Å². The van der Waals surface area contributed by atoms with Gasteiger partial charge in [0.05, 0.1) is 33.0 Å². The van der Waals surface area contributed by atoms with Crippen LogP contribution in [0.2, 0.25) is 0 Å². The Morgan fingerprint density at radius 1 is 0.506 bits per heavy atom. The van der Waals surface area contributed by atoms with Gasteiger partial charge in [0.1, 0.15) is 49.9 Å². The van der Waals surface area contributed by atoms with E-state index in [1.165, 1.54) is 0 Å². The number of benzene rings is 4. The van der Waals surface area contributed by atoms with E-state index in [4.69, 9.17) is 33.2 Å². The van der Waals surface area contributed by atoms with Gasteiger partial charge in [-0.2, -0.15) is 0 Å². The Hall–Kier alpha value is -7.19. The van der Waals surface area contributed by atoms with Crippen LogP contribution in [-0.2, 0) is 57.1 Å². The summed E-state index contributed by atoms with van der Waals surface area (Å²) in [5.74, 6) is -2.92. The summed E-state index contributed by atoms with van der Waals surface area (Å²) in [6.07, 6.45) is 0.194. The monoisotopic (exact) mass is 1060 g/mol. The van der Waals surface area contributed by atoms with Crippen LogP contribution in [0.4, 0.5) is 9.59 Å². The SMILES string of the molecule is CC(C)(C)OC(=O)C(CCC(=O)CCCOCCOCC(=O)NCCOCCOCC(=O)NCCCCC(NC(=O)OCC1c2ccccc2-c2ccccc21)C(=O)O)NC(=O)OCC1c2ccccc2-c2ccccc21. The Bertz CT molecular complexity index is 2530. The van der Waals surface area contributed by atoms with E-state index in [1.807, 2.05) is 97.1 Å². The van der Waals surface area contributed by atoms with Crippen LogP contribution in [0.5, 0.6) is 0 Å². The molecule has 0 bridgehead atoms. The highest BCUT2D eigenvalue weighted by molar-refractivity contribution is 5.85. The van der Waals surface area contributed by atoms with Crippen molar-refractivity contribution >= 4 is 41.7 Å². The maximum absolute atomic E-state index is 13.1. The molecular formula is C58H72N4O15. The van der Waals surface area contributed by atoms with Gasteiger partial charge < -0.3 is 59.5 Å². The van der Waals surface area contributed by atoms with E-state index in [9.17, 15) is 38.7 Å². The maximum atomic E-state index is 13.1. The highest BCUT2D eigenvalue weighted by atomic mass is 16.6. The van der Waals surface area contributed by atoms with E-state index in [2.05, 4.69) is 21.3 Å². The normalized spacial score (nSPS) is 13.2. The zero-order chi connectivity index (χ0) is 55.0. The zero-order valence-electron chi connectivity index (χ0n) is 44.1. The number of aliphatic carboxylic acids is 1. The van der Waals surface area contributed by atoms with Gasteiger partial charge in [0.25, 0.3) is 0 Å². The van der Waals surface area contributed by atoms with Crippen LogP contribution in [0, 0.1) is 0 Å². The van der Waals surface area contributed by atoms with E-state index in [-0.39, 0.29) is 128 Å². The second-order valence-electron chi connectivity index (χ2n) is 19.6. The van der Waals surface area contributed by atoms with E-state index in [1.54, 1.807) is 20.8 Å². The Morgan fingerprint density at radius 2 is 0.948 bits per heavy atom. The molecule has 0 radical (unpaired) electrons. The van der Waals surface area contributed by atoms with Gasteiger partial charge in [-0.05, 0) is 97.4 Å². The molecule has 414 valence electrons. The lowest BCUT2D eigenvalue weighted by atomic mass is 9.98. The van der Waals surface area contributed by atoms with Gasteiger partial charge in [0.15, 0.2) is 0 Å². The molecule has 0 spiro atoms. The van der Waals surface area contributed by atoms with E-state index < -0.39 is 41.8 Å². The molecule has 0 heterocycles. The molecule has 6 rings (SSSR count). The number of rotatable bonds is 33. The fourth-order valence-corrected chi connectivity index (χ4v) is 9.08. The third-order valence-corrected chi connectivity index (χ3v) is 12.7. The number of fused-ring (bicyclic) bond motifs is 6. The molecule has 0 aliphatic heterocycles. The first-order chi connectivity index (χ1) is 37.2. The predicted octanol–water partition coefficient (Wildman–Crippen LogP) is 6.83. The third-order valence-electron chi connectivity index (χ3n) is 12.7. The van der Waals surface area contributed by atoms with E-state index in [0.29, 0.717) is 25.8 Å². The summed E-state index contributed by atoms with van der Waals surface area (Å²) in [5, 5.41) is 20.2. The van der Waals surface area contributed by atoms with Gasteiger partial charge in [-0.3, -0.25) is 14.4 Å². The number of ketones is 1. The molecular weight excluding hydrogens is 993 g/mol. The van der Waals surface area contributed by atoms with Crippen molar-refractivity contribution in [2.24, 2.45) is 0 Å². The minimum atomic E-state index is -1.18. The molecule has 4 aromatic carbocycles. The molecule has 19 heteroatoms. The van der Waals surface area contributed by atoms with Crippen LogP contribution in [0.15, 0.2) is 97.1 Å². The number of amides is 4. The van der Waals surface area contributed by atoms with Gasteiger partial charge in [-0.15, -0.1) is 0 Å². The summed E-state index contributed by atoms with van der Waals surface area (Å²) >= 11 is 0. The van der Waals surface area contributed by atoms with Crippen LogP contribution in [-0.4, -0.2) is 144 Å². The molecule has 0 aromatic heterocycles. The lowest BCUT2D eigenvalue weighted by molar-refractivity contribution is -0.157. The molecule has 0 fully saturated rings. The summed E-state index contributed by atoms with van der Waals surface area (Å²) in [4.78, 5) is 87.7. The van der Waals surface area contributed by atoms with Crippen LogP contribution in [0.25, 0.3) is 22.3 Å². The number of carboxylic acids is 1. The van der Waals surface area contributed by atoms with Crippen LogP contribution < -0.4 is 21.3 Å². The smallest absolute Gasteiger partial charge is 0.407 e. The average molecular weight is 1070 g/mol. The summed E-state index contributed by atoms with van der Waals surface area (Å²) in [5.41, 5.74) is 7.79. The van der Waals surface area contributed by atoms with Crippen molar-refractivity contribution in [3.8, 4) is 22.3 Å². The van der Waals surface area contributed by atoms with Gasteiger partial charge in [0, 0.05) is 44.4 Å².